The largest absolute Gasteiger partial charge is 0.309 e. The molecule has 0 atom stereocenters. The van der Waals surface area contributed by atoms with E-state index in [0.29, 0.717) is 6.04 Å². The average Bonchev–Trinajstić information content (AvgIpc) is 1.97. The van der Waals surface area contributed by atoms with Crippen molar-refractivity contribution in [1.29, 1.82) is 0 Å². The van der Waals surface area contributed by atoms with Gasteiger partial charge in [0.15, 0.2) is 0 Å². The van der Waals surface area contributed by atoms with Crippen LogP contribution < -0.4 is 5.32 Å². The van der Waals surface area contributed by atoms with Crippen LogP contribution in [-0.4, -0.2) is 18.3 Å². The smallest absolute Gasteiger partial charge is 0.0535 e. The Kier molecular flexibility index (Phi) is 5.39. The maximum absolute atomic E-state index is 4.01. The summed E-state index contributed by atoms with van der Waals surface area (Å²) in [4.78, 5) is 4.01. The molecule has 0 fully saturated rings. The fourth-order valence-corrected chi connectivity index (χ4v) is 0.596. The quantitative estimate of drug-likeness (QED) is 0.596. The fraction of sp³-hybridized carbons (Fsp3) is 0.444. The van der Waals surface area contributed by atoms with E-state index in [1.807, 2.05) is 0 Å². The second kappa shape index (κ2) is 5.86. The van der Waals surface area contributed by atoms with Crippen LogP contribution in [0.5, 0.6) is 0 Å². The Labute approximate surface area is 68.7 Å². The number of nitrogens with zero attached hydrogens (tertiary/aromatic N) is 1. The number of hydrogen-bond donors (Lipinski definition) is 1. The van der Waals surface area contributed by atoms with E-state index in [1.54, 1.807) is 6.08 Å². The SMILES string of the molecule is C=CN=C(C=C)CNC(C)C. The van der Waals surface area contributed by atoms with Crippen molar-refractivity contribution in [2.45, 2.75) is 19.9 Å². The first-order valence-corrected chi connectivity index (χ1v) is 3.74. The van der Waals surface area contributed by atoms with Gasteiger partial charge in [0, 0.05) is 18.8 Å². The Morgan fingerprint density at radius 1 is 1.55 bits per heavy atom. The average molecular weight is 152 g/mol. The minimum atomic E-state index is 0.477. The van der Waals surface area contributed by atoms with Crippen LogP contribution in [0.15, 0.2) is 30.4 Å². The zero-order valence-electron chi connectivity index (χ0n) is 7.30. The third-order valence-electron chi connectivity index (χ3n) is 1.18. The zero-order valence-corrected chi connectivity index (χ0v) is 7.30. The third-order valence-corrected chi connectivity index (χ3v) is 1.18. The van der Waals surface area contributed by atoms with Crippen molar-refractivity contribution in [1.82, 2.24) is 5.32 Å². The number of rotatable bonds is 5. The summed E-state index contributed by atoms with van der Waals surface area (Å²) >= 11 is 0. The molecule has 2 nitrogen and oxygen atoms in total. The van der Waals surface area contributed by atoms with Gasteiger partial charge in [-0.15, -0.1) is 0 Å². The van der Waals surface area contributed by atoms with Gasteiger partial charge in [-0.05, 0) is 6.08 Å². The van der Waals surface area contributed by atoms with Crippen LogP contribution in [0.1, 0.15) is 13.8 Å². The molecule has 0 saturated carbocycles. The molecule has 0 radical (unpaired) electrons. The lowest BCUT2D eigenvalue weighted by atomic mass is 10.3. The molecule has 0 aliphatic rings. The van der Waals surface area contributed by atoms with Gasteiger partial charge in [-0.3, -0.25) is 4.99 Å². The van der Waals surface area contributed by atoms with Gasteiger partial charge in [-0.25, -0.2) is 0 Å². The number of aliphatic imine (C=N–C) groups is 1. The first-order valence-electron chi connectivity index (χ1n) is 3.74. The molecule has 0 saturated heterocycles. The van der Waals surface area contributed by atoms with E-state index in [2.05, 4.69) is 37.3 Å². The predicted molar refractivity (Wildman–Crippen MR) is 51.0 cm³/mol. The number of nitrogens with one attached hydrogen (secondary N) is 1. The molecular weight excluding hydrogens is 136 g/mol. The molecule has 0 aromatic carbocycles. The van der Waals surface area contributed by atoms with E-state index in [-0.39, 0.29) is 0 Å². The molecule has 0 rings (SSSR count). The first kappa shape index (κ1) is 10.1. The van der Waals surface area contributed by atoms with E-state index in [9.17, 15) is 0 Å². The minimum absolute atomic E-state index is 0.477. The summed E-state index contributed by atoms with van der Waals surface area (Å²) < 4.78 is 0. The third kappa shape index (κ3) is 5.55. The van der Waals surface area contributed by atoms with Crippen molar-refractivity contribution < 1.29 is 0 Å². The molecule has 0 aliphatic carbocycles. The fourth-order valence-electron chi connectivity index (χ4n) is 0.596. The maximum atomic E-state index is 4.01. The second-order valence-electron chi connectivity index (χ2n) is 2.54. The van der Waals surface area contributed by atoms with Gasteiger partial charge >= 0.3 is 0 Å². The monoisotopic (exact) mass is 152 g/mol. The lowest BCUT2D eigenvalue weighted by Gasteiger charge is -2.06. The van der Waals surface area contributed by atoms with Crippen LogP contribution in [-0.2, 0) is 0 Å². The summed E-state index contributed by atoms with van der Waals surface area (Å²) in [7, 11) is 0. The van der Waals surface area contributed by atoms with Crippen molar-refractivity contribution in [2.24, 2.45) is 4.99 Å². The summed E-state index contributed by atoms with van der Waals surface area (Å²) in [5, 5.41) is 3.23. The second-order valence-corrected chi connectivity index (χ2v) is 2.54. The molecule has 62 valence electrons. The van der Waals surface area contributed by atoms with Gasteiger partial charge in [0.2, 0.25) is 0 Å². The van der Waals surface area contributed by atoms with E-state index in [4.69, 9.17) is 0 Å². The van der Waals surface area contributed by atoms with E-state index in [0.717, 1.165) is 12.3 Å². The van der Waals surface area contributed by atoms with Crippen molar-refractivity contribution in [3.05, 3.63) is 25.4 Å². The van der Waals surface area contributed by atoms with Crippen LogP contribution in [0.4, 0.5) is 0 Å². The highest BCUT2D eigenvalue weighted by Crippen LogP contribution is 1.82. The van der Waals surface area contributed by atoms with Gasteiger partial charge in [0.25, 0.3) is 0 Å². The summed E-state index contributed by atoms with van der Waals surface area (Å²) in [6.07, 6.45) is 3.26. The van der Waals surface area contributed by atoms with Crippen molar-refractivity contribution >= 4 is 5.71 Å². The molecule has 0 amide bonds. The van der Waals surface area contributed by atoms with E-state index in [1.165, 1.54) is 6.20 Å². The number of hydrogen-bond acceptors (Lipinski definition) is 2. The molecule has 0 aromatic rings. The van der Waals surface area contributed by atoms with E-state index < -0.39 is 0 Å². The van der Waals surface area contributed by atoms with Gasteiger partial charge in [-0.1, -0.05) is 27.0 Å². The molecular formula is C9H16N2. The Morgan fingerprint density at radius 3 is 2.55 bits per heavy atom. The molecule has 0 bridgehead atoms. The molecule has 11 heavy (non-hydrogen) atoms. The van der Waals surface area contributed by atoms with Gasteiger partial charge in [0.05, 0.1) is 5.71 Å². The maximum Gasteiger partial charge on any atom is 0.0535 e. The molecule has 1 N–H and O–H groups in total. The Balaban J connectivity index is 3.79. The van der Waals surface area contributed by atoms with Gasteiger partial charge < -0.3 is 5.32 Å². The highest BCUT2D eigenvalue weighted by Gasteiger charge is 1.93. The van der Waals surface area contributed by atoms with Crippen LogP contribution in [0.25, 0.3) is 0 Å². The van der Waals surface area contributed by atoms with Crippen LogP contribution in [0, 0.1) is 0 Å². The van der Waals surface area contributed by atoms with Crippen LogP contribution in [0.3, 0.4) is 0 Å². The summed E-state index contributed by atoms with van der Waals surface area (Å²) in [6, 6.07) is 0.477. The normalized spacial score (nSPS) is 11.7. The van der Waals surface area contributed by atoms with Crippen LogP contribution >= 0.6 is 0 Å². The van der Waals surface area contributed by atoms with Crippen molar-refractivity contribution in [3.8, 4) is 0 Å². The van der Waals surface area contributed by atoms with Crippen LogP contribution in [0.2, 0.25) is 0 Å². The Morgan fingerprint density at radius 2 is 2.18 bits per heavy atom. The zero-order chi connectivity index (χ0) is 8.69. The Hall–Kier alpha value is -0.890. The summed E-state index contributed by atoms with van der Waals surface area (Å²) in [5.74, 6) is 0. The van der Waals surface area contributed by atoms with E-state index >= 15 is 0 Å². The summed E-state index contributed by atoms with van der Waals surface area (Å²) in [6.45, 7) is 12.1. The minimum Gasteiger partial charge on any atom is -0.309 e. The topological polar surface area (TPSA) is 24.4 Å². The lowest BCUT2D eigenvalue weighted by molar-refractivity contribution is 0.643. The highest BCUT2D eigenvalue weighted by molar-refractivity contribution is 5.96. The molecule has 2 heteroatoms. The Bertz CT molecular complexity index is 157. The molecule has 0 unspecified atom stereocenters. The standard InChI is InChI=1S/C9H16N2/c1-5-9(10-6-2)7-11-8(3)4/h5-6,8,11H,1-2,7H2,3-4H3. The molecule has 0 heterocycles. The first-order chi connectivity index (χ1) is 5.20. The van der Waals surface area contributed by atoms with Crippen molar-refractivity contribution in [3.63, 3.8) is 0 Å². The lowest BCUT2D eigenvalue weighted by Crippen LogP contribution is -2.28. The summed E-state index contributed by atoms with van der Waals surface area (Å²) in [5.41, 5.74) is 0.925. The van der Waals surface area contributed by atoms with Crippen molar-refractivity contribution in [2.75, 3.05) is 6.54 Å². The van der Waals surface area contributed by atoms with Gasteiger partial charge in [-0.2, -0.15) is 0 Å². The predicted octanol–water partition coefficient (Wildman–Crippen LogP) is 1.75. The van der Waals surface area contributed by atoms with Gasteiger partial charge in [0.1, 0.15) is 0 Å². The molecule has 0 aliphatic heterocycles. The highest BCUT2D eigenvalue weighted by atomic mass is 14.9. The molecule has 0 spiro atoms. The molecule has 0 aromatic heterocycles.